The van der Waals surface area contributed by atoms with Crippen LogP contribution in [-0.4, -0.2) is 54.4 Å². The van der Waals surface area contributed by atoms with E-state index in [0.29, 0.717) is 5.01 Å². The lowest BCUT2D eigenvalue weighted by atomic mass is 9.98. The van der Waals surface area contributed by atoms with Crippen LogP contribution < -0.4 is 10.6 Å². The Hall–Kier alpha value is -3.76. The first-order valence-corrected chi connectivity index (χ1v) is 11.9. The quantitative estimate of drug-likeness (QED) is 0.414. The van der Waals surface area contributed by atoms with Crippen molar-refractivity contribution in [3.05, 3.63) is 75.7 Å². The van der Waals surface area contributed by atoms with Gasteiger partial charge in [-0.2, -0.15) is 0 Å². The topological polar surface area (TPSA) is 127 Å². The molecule has 0 radical (unpaired) electrons. The van der Waals surface area contributed by atoms with Crippen molar-refractivity contribution in [1.29, 1.82) is 0 Å². The first-order valence-electron chi connectivity index (χ1n) is 11.0. The highest BCUT2D eigenvalue weighted by Crippen LogP contribution is 2.44. The van der Waals surface area contributed by atoms with Crippen molar-refractivity contribution in [3.63, 3.8) is 0 Å². The Balaban J connectivity index is 1.37. The maximum atomic E-state index is 12.8. The van der Waals surface area contributed by atoms with Crippen molar-refractivity contribution >= 4 is 29.3 Å². The number of aromatic carboxylic acids is 1. The summed E-state index contributed by atoms with van der Waals surface area (Å²) in [7, 11) is 1.42. The molecule has 10 heteroatoms. The van der Waals surface area contributed by atoms with Gasteiger partial charge in [-0.3, -0.25) is 4.79 Å². The molecular weight excluding hydrogens is 470 g/mol. The minimum atomic E-state index is -1.14. The average Bonchev–Trinajstić information content (AvgIpc) is 3.46. The van der Waals surface area contributed by atoms with Gasteiger partial charge in [0.25, 0.3) is 0 Å². The zero-order valence-corrected chi connectivity index (χ0v) is 20.0. The smallest absolute Gasteiger partial charge is 0.407 e. The number of thiazole rings is 1. The number of carboxylic acids is 1. The number of carbonyl (C=O) groups excluding carboxylic acids is 2. The monoisotopic (exact) mass is 495 g/mol. The Morgan fingerprint density at radius 1 is 1.06 bits per heavy atom. The Bertz CT molecular complexity index is 1200. The fourth-order valence-electron chi connectivity index (χ4n) is 4.09. The van der Waals surface area contributed by atoms with E-state index in [9.17, 15) is 14.4 Å². The first kappa shape index (κ1) is 24.4. The van der Waals surface area contributed by atoms with Crippen LogP contribution in [0.1, 0.15) is 45.5 Å². The summed E-state index contributed by atoms with van der Waals surface area (Å²) in [6, 6.07) is 14.5. The van der Waals surface area contributed by atoms with Crippen LogP contribution in [-0.2, 0) is 14.3 Å². The summed E-state index contributed by atoms with van der Waals surface area (Å²) < 4.78 is 10.6. The molecule has 35 heavy (non-hydrogen) atoms. The Morgan fingerprint density at radius 3 is 2.26 bits per heavy atom. The second-order valence-corrected chi connectivity index (χ2v) is 8.97. The highest BCUT2D eigenvalue weighted by molar-refractivity contribution is 7.09. The molecule has 4 rings (SSSR count). The predicted octanol–water partition coefficient (Wildman–Crippen LogP) is 3.57. The van der Waals surface area contributed by atoms with Crippen molar-refractivity contribution in [3.8, 4) is 11.1 Å². The third-order valence-electron chi connectivity index (χ3n) is 5.76. The summed E-state index contributed by atoms with van der Waals surface area (Å²) in [6.45, 7) is 1.73. The number of nitrogens with one attached hydrogen (secondary N) is 2. The number of hydrogen-bond donors (Lipinski definition) is 3. The van der Waals surface area contributed by atoms with Crippen LogP contribution in [0.15, 0.2) is 53.9 Å². The van der Waals surface area contributed by atoms with Crippen LogP contribution in [0.2, 0.25) is 0 Å². The number of carboxylic acid groups (broad SMARTS) is 1. The van der Waals surface area contributed by atoms with E-state index in [0.717, 1.165) is 33.6 Å². The van der Waals surface area contributed by atoms with Crippen LogP contribution in [0.5, 0.6) is 0 Å². The highest BCUT2D eigenvalue weighted by atomic mass is 32.1. The van der Waals surface area contributed by atoms with E-state index in [1.165, 1.54) is 12.5 Å². The van der Waals surface area contributed by atoms with Crippen LogP contribution in [0.25, 0.3) is 11.1 Å². The summed E-state index contributed by atoms with van der Waals surface area (Å²) >= 11 is 1.13. The molecule has 2 unspecified atom stereocenters. The molecule has 2 aromatic carbocycles. The van der Waals surface area contributed by atoms with Crippen molar-refractivity contribution < 1.29 is 29.0 Å². The second kappa shape index (κ2) is 10.7. The fraction of sp³-hybridized carbons (Fsp3) is 0.280. The molecule has 2 atom stereocenters. The molecule has 0 aliphatic heterocycles. The first-order chi connectivity index (χ1) is 16.9. The van der Waals surface area contributed by atoms with E-state index >= 15 is 0 Å². The van der Waals surface area contributed by atoms with Gasteiger partial charge in [0.2, 0.25) is 5.91 Å². The number of amides is 2. The number of benzene rings is 2. The number of hydrogen-bond acceptors (Lipinski definition) is 7. The number of alkyl carbamates (subject to hydrolysis) is 1. The molecule has 0 spiro atoms. The maximum Gasteiger partial charge on any atom is 0.407 e. The van der Waals surface area contributed by atoms with E-state index in [4.69, 9.17) is 14.6 Å². The summed E-state index contributed by atoms with van der Waals surface area (Å²) in [5, 5.41) is 16.2. The molecule has 0 fully saturated rings. The average molecular weight is 496 g/mol. The molecule has 3 aromatic rings. The summed E-state index contributed by atoms with van der Waals surface area (Å²) in [5.74, 6) is -1.74. The summed E-state index contributed by atoms with van der Waals surface area (Å²) in [6.07, 6.45) is -0.737. The highest BCUT2D eigenvalue weighted by Gasteiger charge is 2.30. The van der Waals surface area contributed by atoms with E-state index in [2.05, 4.69) is 27.8 Å². The number of carbonyl (C=O) groups is 3. The van der Waals surface area contributed by atoms with E-state index in [1.54, 1.807) is 6.92 Å². The number of nitrogens with zero attached hydrogens (tertiary/aromatic N) is 1. The molecule has 0 bridgehead atoms. The van der Waals surface area contributed by atoms with Gasteiger partial charge in [0, 0.05) is 18.4 Å². The van der Waals surface area contributed by atoms with E-state index in [-0.39, 0.29) is 24.8 Å². The second-order valence-electron chi connectivity index (χ2n) is 8.08. The lowest BCUT2D eigenvalue weighted by Gasteiger charge is -2.20. The molecule has 1 aliphatic carbocycles. The van der Waals surface area contributed by atoms with Gasteiger partial charge >= 0.3 is 12.1 Å². The minimum absolute atomic E-state index is 0.0685. The standard InChI is InChI=1S/C25H25N3O6S/c1-14(23-27-21(13-35-23)24(30)31)26-22(29)20(12-33-2)28-25(32)34-11-19-17-9-5-3-7-15(17)16-8-4-6-10-18(16)19/h3-10,13-14,19-20H,11-12H2,1-2H3,(H,26,29)(H,28,32)(H,30,31). The molecule has 1 aromatic heterocycles. The van der Waals surface area contributed by atoms with Gasteiger partial charge in [0.05, 0.1) is 12.6 Å². The molecule has 0 saturated carbocycles. The number of rotatable bonds is 9. The van der Waals surface area contributed by atoms with Crippen LogP contribution in [0, 0.1) is 0 Å². The predicted molar refractivity (Wildman–Crippen MR) is 129 cm³/mol. The van der Waals surface area contributed by atoms with E-state index in [1.807, 2.05) is 36.4 Å². The number of methoxy groups -OCH3 is 1. The third kappa shape index (κ3) is 5.33. The van der Waals surface area contributed by atoms with Gasteiger partial charge in [-0.15, -0.1) is 11.3 Å². The molecule has 0 saturated heterocycles. The summed E-state index contributed by atoms with van der Waals surface area (Å²) in [4.78, 5) is 40.4. The number of fused-ring (bicyclic) bond motifs is 3. The zero-order valence-electron chi connectivity index (χ0n) is 19.2. The largest absolute Gasteiger partial charge is 0.476 e. The van der Waals surface area contributed by atoms with Gasteiger partial charge in [-0.1, -0.05) is 48.5 Å². The van der Waals surface area contributed by atoms with Crippen LogP contribution >= 0.6 is 11.3 Å². The number of ether oxygens (including phenoxy) is 2. The molecule has 9 nitrogen and oxygen atoms in total. The molecule has 3 N–H and O–H groups in total. The van der Waals surface area contributed by atoms with Crippen molar-refractivity contribution in [1.82, 2.24) is 15.6 Å². The van der Waals surface area contributed by atoms with E-state index < -0.39 is 30.1 Å². The van der Waals surface area contributed by atoms with Crippen molar-refractivity contribution in [2.75, 3.05) is 20.3 Å². The van der Waals surface area contributed by atoms with Crippen molar-refractivity contribution in [2.24, 2.45) is 0 Å². The Labute approximate surface area is 206 Å². The number of aromatic nitrogens is 1. The normalized spacial score (nSPS) is 13.9. The molecule has 1 aliphatic rings. The summed E-state index contributed by atoms with van der Waals surface area (Å²) in [5.41, 5.74) is 4.33. The van der Waals surface area contributed by atoms with Gasteiger partial charge < -0.3 is 25.2 Å². The third-order valence-corrected chi connectivity index (χ3v) is 6.78. The van der Waals surface area contributed by atoms with Crippen LogP contribution in [0.3, 0.4) is 0 Å². The van der Waals surface area contributed by atoms with Gasteiger partial charge in [-0.25, -0.2) is 14.6 Å². The van der Waals surface area contributed by atoms with Gasteiger partial charge in [0.15, 0.2) is 5.69 Å². The molecular formula is C25H25N3O6S. The molecule has 2 amide bonds. The SMILES string of the molecule is COCC(NC(=O)OCC1c2ccccc2-c2ccccc21)C(=O)NC(C)c1nc(C(=O)O)cs1. The lowest BCUT2D eigenvalue weighted by molar-refractivity contribution is -0.125. The van der Waals surface area contributed by atoms with Crippen LogP contribution in [0.4, 0.5) is 4.79 Å². The van der Waals surface area contributed by atoms with Gasteiger partial charge in [-0.05, 0) is 29.2 Å². The lowest BCUT2D eigenvalue weighted by Crippen LogP contribution is -2.50. The Morgan fingerprint density at radius 2 is 1.69 bits per heavy atom. The molecule has 1 heterocycles. The maximum absolute atomic E-state index is 12.8. The van der Waals surface area contributed by atoms with Gasteiger partial charge in [0.1, 0.15) is 17.7 Å². The minimum Gasteiger partial charge on any atom is -0.476 e. The Kier molecular flexibility index (Phi) is 7.42. The van der Waals surface area contributed by atoms with Crippen molar-refractivity contribution in [2.45, 2.75) is 24.9 Å². The fourth-order valence-corrected chi connectivity index (χ4v) is 4.89. The molecule has 182 valence electrons. The zero-order chi connectivity index (χ0) is 24.9.